The molecule has 1 aliphatic heterocycles. The first-order chi connectivity index (χ1) is 9.30. The van der Waals surface area contributed by atoms with Crippen LogP contribution in [0.25, 0.3) is 6.08 Å². The Balaban J connectivity index is 2.17. The van der Waals surface area contributed by atoms with Crippen molar-refractivity contribution >= 4 is 51.1 Å². The number of carbonyl (C=O) groups is 3. The molecule has 1 aromatic heterocycles. The van der Waals surface area contributed by atoms with Crippen molar-refractivity contribution in [3.63, 3.8) is 0 Å². The number of carbonyl (C=O) groups excluding carboxylic acids is 3. The predicted octanol–water partition coefficient (Wildman–Crippen LogP) is 1.79. The molecule has 106 valence electrons. The number of imide groups is 1. The third-order valence-corrected chi connectivity index (χ3v) is 4.62. The van der Waals surface area contributed by atoms with Crippen LogP contribution >= 0.6 is 27.3 Å². The minimum atomic E-state index is -1.04. The van der Waals surface area contributed by atoms with Crippen molar-refractivity contribution in [1.82, 2.24) is 10.2 Å². The van der Waals surface area contributed by atoms with Gasteiger partial charge in [-0.05, 0) is 48.0 Å². The van der Waals surface area contributed by atoms with E-state index < -0.39 is 17.4 Å². The van der Waals surface area contributed by atoms with Crippen LogP contribution in [0.4, 0.5) is 0 Å². The highest BCUT2D eigenvalue weighted by atomic mass is 79.9. The van der Waals surface area contributed by atoms with Crippen molar-refractivity contribution in [3.8, 4) is 0 Å². The van der Waals surface area contributed by atoms with Gasteiger partial charge < -0.3 is 4.90 Å². The first-order valence-electron chi connectivity index (χ1n) is 5.90. The number of thiophene rings is 1. The highest BCUT2D eigenvalue weighted by molar-refractivity contribution is 9.11. The van der Waals surface area contributed by atoms with Crippen LogP contribution in [-0.2, 0) is 14.4 Å². The van der Waals surface area contributed by atoms with Crippen molar-refractivity contribution in [2.24, 2.45) is 0 Å². The van der Waals surface area contributed by atoms with Gasteiger partial charge in [-0.15, -0.1) is 11.3 Å². The molecule has 0 unspecified atom stereocenters. The van der Waals surface area contributed by atoms with Gasteiger partial charge in [-0.1, -0.05) is 0 Å². The zero-order chi connectivity index (χ0) is 14.9. The van der Waals surface area contributed by atoms with Crippen LogP contribution < -0.4 is 5.32 Å². The largest absolute Gasteiger partial charge is 0.316 e. The summed E-state index contributed by atoms with van der Waals surface area (Å²) in [4.78, 5) is 37.5. The number of amides is 3. The maximum absolute atomic E-state index is 12.2. The lowest BCUT2D eigenvalue weighted by Gasteiger charge is -2.39. The number of hydrogen-bond donors (Lipinski definition) is 1. The normalized spacial score (nSPS) is 18.4. The summed E-state index contributed by atoms with van der Waals surface area (Å²) in [6, 6.07) is 3.76. The van der Waals surface area contributed by atoms with Gasteiger partial charge in [0, 0.05) is 11.0 Å². The molecule has 5 nitrogen and oxygen atoms in total. The molecule has 0 spiro atoms. The van der Waals surface area contributed by atoms with E-state index in [1.807, 2.05) is 12.1 Å². The van der Waals surface area contributed by atoms with Crippen LogP contribution in [0.3, 0.4) is 0 Å². The van der Waals surface area contributed by atoms with E-state index in [2.05, 4.69) is 21.2 Å². The van der Waals surface area contributed by atoms with Crippen LogP contribution in [0.5, 0.6) is 0 Å². The lowest BCUT2D eigenvalue weighted by molar-refractivity contribution is -0.153. The monoisotopic (exact) mass is 356 g/mol. The van der Waals surface area contributed by atoms with E-state index in [0.717, 1.165) is 8.66 Å². The number of piperazine rings is 1. The molecule has 1 saturated heterocycles. The van der Waals surface area contributed by atoms with Gasteiger partial charge in [0.2, 0.25) is 11.8 Å². The maximum atomic E-state index is 12.2. The Morgan fingerprint density at radius 1 is 1.45 bits per heavy atom. The van der Waals surface area contributed by atoms with Crippen LogP contribution in [0.15, 0.2) is 22.0 Å². The topological polar surface area (TPSA) is 66.5 Å². The molecule has 0 aliphatic carbocycles. The molecule has 3 amide bonds. The molecule has 1 aromatic rings. The third-order valence-electron chi connectivity index (χ3n) is 3.04. The van der Waals surface area contributed by atoms with E-state index in [1.165, 1.54) is 22.3 Å². The van der Waals surface area contributed by atoms with E-state index in [1.54, 1.807) is 19.9 Å². The van der Waals surface area contributed by atoms with Gasteiger partial charge in [0.25, 0.3) is 5.91 Å². The zero-order valence-electron chi connectivity index (χ0n) is 11.0. The Morgan fingerprint density at radius 3 is 2.75 bits per heavy atom. The molecule has 1 fully saturated rings. The highest BCUT2D eigenvalue weighted by Crippen LogP contribution is 2.24. The Labute approximate surface area is 128 Å². The summed E-state index contributed by atoms with van der Waals surface area (Å²) in [5, 5.41) is 2.23. The second kappa shape index (κ2) is 5.49. The van der Waals surface area contributed by atoms with Gasteiger partial charge in [0.15, 0.2) is 0 Å². The van der Waals surface area contributed by atoms with Crippen molar-refractivity contribution < 1.29 is 14.4 Å². The Kier molecular flexibility index (Phi) is 4.10. The van der Waals surface area contributed by atoms with Gasteiger partial charge >= 0.3 is 0 Å². The summed E-state index contributed by atoms with van der Waals surface area (Å²) in [6.07, 6.45) is 3.05. The minimum absolute atomic E-state index is 0.115. The molecule has 0 radical (unpaired) electrons. The van der Waals surface area contributed by atoms with Crippen molar-refractivity contribution in [2.45, 2.75) is 19.4 Å². The lowest BCUT2D eigenvalue weighted by atomic mass is 9.98. The number of halogens is 1. The molecule has 0 atom stereocenters. The number of rotatable bonds is 2. The van der Waals surface area contributed by atoms with Gasteiger partial charge in [-0.25, -0.2) is 0 Å². The summed E-state index contributed by atoms with van der Waals surface area (Å²) in [5.74, 6) is -1.29. The van der Waals surface area contributed by atoms with Crippen molar-refractivity contribution in [1.29, 1.82) is 0 Å². The molecule has 0 aromatic carbocycles. The fraction of sp³-hybridized carbons (Fsp3) is 0.308. The van der Waals surface area contributed by atoms with Gasteiger partial charge in [0.1, 0.15) is 12.1 Å². The van der Waals surface area contributed by atoms with E-state index in [0.29, 0.717) is 0 Å². The summed E-state index contributed by atoms with van der Waals surface area (Å²) < 4.78 is 0.970. The molecule has 2 heterocycles. The molecule has 7 heteroatoms. The number of nitrogens with one attached hydrogen (secondary N) is 1. The maximum Gasteiger partial charge on any atom is 0.252 e. The second-order valence-corrected chi connectivity index (χ2v) is 7.33. The second-order valence-electron chi connectivity index (χ2n) is 4.84. The molecule has 2 rings (SSSR count). The van der Waals surface area contributed by atoms with E-state index >= 15 is 0 Å². The number of hydrogen-bond acceptors (Lipinski definition) is 4. The fourth-order valence-corrected chi connectivity index (χ4v) is 3.12. The van der Waals surface area contributed by atoms with E-state index in [9.17, 15) is 14.4 Å². The minimum Gasteiger partial charge on any atom is -0.316 e. The standard InChI is InChI=1S/C13H13BrN2O3S/c1-13(2)12(19)15-10(17)7-16(13)11(18)6-4-8-3-5-9(14)20-8/h3-6H,7H2,1-2H3,(H,15,17,19). The average molecular weight is 357 g/mol. The number of nitrogens with zero attached hydrogens (tertiary/aromatic N) is 1. The Morgan fingerprint density at radius 2 is 2.15 bits per heavy atom. The summed E-state index contributed by atoms with van der Waals surface area (Å²) in [5.41, 5.74) is -1.04. The molecule has 0 bridgehead atoms. The summed E-state index contributed by atoms with van der Waals surface area (Å²) >= 11 is 4.83. The average Bonchev–Trinajstić information content (AvgIpc) is 2.77. The van der Waals surface area contributed by atoms with E-state index in [-0.39, 0.29) is 12.5 Å². The fourth-order valence-electron chi connectivity index (χ4n) is 1.80. The molecular weight excluding hydrogens is 344 g/mol. The zero-order valence-corrected chi connectivity index (χ0v) is 13.4. The van der Waals surface area contributed by atoms with Gasteiger partial charge in [-0.3, -0.25) is 19.7 Å². The molecule has 1 aliphatic rings. The quantitative estimate of drug-likeness (QED) is 0.648. The van der Waals surface area contributed by atoms with Gasteiger partial charge in [-0.2, -0.15) is 0 Å². The van der Waals surface area contributed by atoms with Crippen LogP contribution in [0.1, 0.15) is 18.7 Å². The Bertz CT molecular complexity index is 607. The van der Waals surface area contributed by atoms with Crippen molar-refractivity contribution in [2.75, 3.05) is 6.54 Å². The first-order valence-corrected chi connectivity index (χ1v) is 7.51. The molecule has 0 saturated carbocycles. The van der Waals surface area contributed by atoms with Crippen LogP contribution in [-0.4, -0.2) is 34.7 Å². The molecule has 1 N–H and O–H groups in total. The van der Waals surface area contributed by atoms with E-state index in [4.69, 9.17) is 0 Å². The SMILES string of the molecule is CC1(C)C(=O)NC(=O)CN1C(=O)C=Cc1ccc(Br)s1. The van der Waals surface area contributed by atoms with Crippen LogP contribution in [0, 0.1) is 0 Å². The predicted molar refractivity (Wildman–Crippen MR) is 80.0 cm³/mol. The van der Waals surface area contributed by atoms with Crippen LogP contribution in [0.2, 0.25) is 0 Å². The smallest absolute Gasteiger partial charge is 0.252 e. The van der Waals surface area contributed by atoms with Crippen molar-refractivity contribution in [3.05, 3.63) is 26.9 Å². The lowest BCUT2D eigenvalue weighted by Crippen LogP contribution is -2.65. The summed E-state index contributed by atoms with van der Waals surface area (Å²) in [6.45, 7) is 3.11. The molecule has 20 heavy (non-hydrogen) atoms. The Hall–Kier alpha value is -1.47. The highest BCUT2D eigenvalue weighted by Gasteiger charge is 2.42. The van der Waals surface area contributed by atoms with Gasteiger partial charge in [0.05, 0.1) is 3.79 Å². The third kappa shape index (κ3) is 2.99. The first kappa shape index (κ1) is 14.9. The molecular formula is C13H13BrN2O3S. The summed E-state index contributed by atoms with van der Waals surface area (Å²) in [7, 11) is 0.